The van der Waals surface area contributed by atoms with E-state index in [1.165, 1.54) is 27.8 Å². The summed E-state index contributed by atoms with van der Waals surface area (Å²) in [6.07, 6.45) is 1.71. The van der Waals surface area contributed by atoms with Crippen LogP contribution in [0.4, 0.5) is 0 Å². The summed E-state index contributed by atoms with van der Waals surface area (Å²) in [7, 11) is 0. The molecule has 3 aromatic rings. The van der Waals surface area contributed by atoms with Crippen molar-refractivity contribution in [2.75, 3.05) is 6.54 Å². The predicted molar refractivity (Wildman–Crippen MR) is 114 cm³/mol. The van der Waals surface area contributed by atoms with Crippen LogP contribution in [0, 0.1) is 0 Å². The number of fused-ring (bicyclic) bond motifs is 1. The number of rotatable bonds is 6. The number of carbonyl (C=O) groups is 1. The van der Waals surface area contributed by atoms with Crippen molar-refractivity contribution in [3.05, 3.63) is 63.6 Å². The lowest BCUT2D eigenvalue weighted by molar-refractivity contribution is -0.131. The fraction of sp³-hybridized carbons (Fsp3) is 0.381. The van der Waals surface area contributed by atoms with E-state index in [-0.39, 0.29) is 11.2 Å². The van der Waals surface area contributed by atoms with E-state index in [1.54, 1.807) is 11.3 Å². The fourth-order valence-corrected chi connectivity index (χ4v) is 5.44. The first kappa shape index (κ1) is 19.2. The average Bonchev–Trinajstić information content (AvgIpc) is 3.34. The van der Waals surface area contributed by atoms with Gasteiger partial charge in [-0.1, -0.05) is 42.1 Å². The number of aromatic nitrogens is 3. The molecule has 0 saturated carbocycles. The molecule has 0 spiro atoms. The van der Waals surface area contributed by atoms with Crippen molar-refractivity contribution in [3.63, 3.8) is 0 Å². The summed E-state index contributed by atoms with van der Waals surface area (Å²) in [5.41, 5.74) is 2.51. The highest BCUT2D eigenvalue weighted by atomic mass is 32.2. The Balaban J connectivity index is 1.44. The Labute approximate surface area is 173 Å². The second kappa shape index (κ2) is 8.49. The third-order valence-corrected chi connectivity index (χ3v) is 7.16. The van der Waals surface area contributed by atoms with Crippen molar-refractivity contribution >= 4 is 29.0 Å². The molecule has 0 fully saturated rings. The molecular formula is C21H24N4OS2. The molecule has 1 aromatic carbocycles. The maximum absolute atomic E-state index is 13.0. The summed E-state index contributed by atoms with van der Waals surface area (Å²) in [5, 5.41) is 11.5. The van der Waals surface area contributed by atoms with Gasteiger partial charge in [-0.15, -0.1) is 21.5 Å². The van der Waals surface area contributed by atoms with Crippen LogP contribution < -0.4 is 0 Å². The van der Waals surface area contributed by atoms with Crippen molar-refractivity contribution in [1.82, 2.24) is 19.7 Å². The minimum atomic E-state index is -0.181. The van der Waals surface area contributed by atoms with E-state index in [9.17, 15) is 4.79 Å². The number of thiophene rings is 1. The maximum Gasteiger partial charge on any atom is 0.236 e. The van der Waals surface area contributed by atoms with Gasteiger partial charge in [0.05, 0.1) is 5.25 Å². The quantitative estimate of drug-likeness (QED) is 0.574. The largest absolute Gasteiger partial charge is 0.337 e. The molecule has 3 heterocycles. The van der Waals surface area contributed by atoms with Crippen molar-refractivity contribution < 1.29 is 4.79 Å². The van der Waals surface area contributed by atoms with E-state index in [1.807, 2.05) is 30.0 Å². The highest BCUT2D eigenvalue weighted by Crippen LogP contribution is 2.28. The molecule has 2 aromatic heterocycles. The van der Waals surface area contributed by atoms with E-state index in [2.05, 4.69) is 45.3 Å². The van der Waals surface area contributed by atoms with E-state index >= 15 is 0 Å². The highest BCUT2D eigenvalue weighted by Gasteiger charge is 2.27. The summed E-state index contributed by atoms with van der Waals surface area (Å²) in [6.45, 7) is 6.39. The average molecular weight is 413 g/mol. The first-order valence-corrected chi connectivity index (χ1v) is 11.4. The van der Waals surface area contributed by atoms with Crippen LogP contribution in [0.1, 0.15) is 35.7 Å². The Bertz CT molecular complexity index is 950. The highest BCUT2D eigenvalue weighted by molar-refractivity contribution is 8.00. The second-order valence-electron chi connectivity index (χ2n) is 6.94. The maximum atomic E-state index is 13.0. The van der Waals surface area contributed by atoms with Crippen LogP contribution in [0.2, 0.25) is 0 Å². The second-order valence-corrected chi connectivity index (χ2v) is 9.25. The molecule has 0 bridgehead atoms. The topological polar surface area (TPSA) is 51.0 Å². The third-order valence-electron chi connectivity index (χ3n) is 5.06. The van der Waals surface area contributed by atoms with E-state index in [4.69, 9.17) is 0 Å². The van der Waals surface area contributed by atoms with Crippen LogP contribution in [0.15, 0.2) is 46.9 Å². The van der Waals surface area contributed by atoms with Gasteiger partial charge in [-0.3, -0.25) is 4.79 Å². The number of benzene rings is 1. The van der Waals surface area contributed by atoms with E-state index < -0.39 is 0 Å². The molecule has 4 rings (SSSR count). The zero-order valence-electron chi connectivity index (χ0n) is 16.2. The predicted octanol–water partition coefficient (Wildman–Crippen LogP) is 4.02. The minimum absolute atomic E-state index is 0.178. The van der Waals surface area contributed by atoms with Crippen molar-refractivity contribution in [1.29, 1.82) is 0 Å². The van der Waals surface area contributed by atoms with Gasteiger partial charge < -0.3 is 9.47 Å². The molecule has 0 saturated heterocycles. The van der Waals surface area contributed by atoms with Crippen LogP contribution in [0.3, 0.4) is 0 Å². The number of hydrogen-bond acceptors (Lipinski definition) is 5. The zero-order valence-corrected chi connectivity index (χ0v) is 17.8. The van der Waals surface area contributed by atoms with Gasteiger partial charge in [0.1, 0.15) is 5.82 Å². The van der Waals surface area contributed by atoms with Gasteiger partial charge in [-0.2, -0.15) is 0 Å². The number of hydrogen-bond donors (Lipinski definition) is 0. The number of thioether (sulfide) groups is 1. The van der Waals surface area contributed by atoms with Crippen LogP contribution in [-0.4, -0.2) is 37.4 Å². The lowest BCUT2D eigenvalue weighted by atomic mass is 10.1. The molecule has 1 atom stereocenters. The molecule has 28 heavy (non-hydrogen) atoms. The number of carbonyl (C=O) groups excluding carboxylic acids is 1. The molecule has 7 heteroatoms. The third kappa shape index (κ3) is 4.00. The SMILES string of the molecule is CCn1c(Cc2ccccc2)nnc1SC(C)C(=O)N1CCc2sccc2C1. The summed E-state index contributed by atoms with van der Waals surface area (Å²) in [5.74, 6) is 1.12. The Morgan fingerprint density at radius 3 is 2.86 bits per heavy atom. The fourth-order valence-electron chi connectivity index (χ4n) is 3.54. The molecule has 1 unspecified atom stereocenters. The summed E-state index contributed by atoms with van der Waals surface area (Å²) >= 11 is 3.31. The van der Waals surface area contributed by atoms with Gasteiger partial charge >= 0.3 is 0 Å². The van der Waals surface area contributed by atoms with Gasteiger partial charge in [-0.25, -0.2) is 0 Å². The van der Waals surface area contributed by atoms with Gasteiger partial charge in [-0.05, 0) is 42.8 Å². The normalized spacial score (nSPS) is 14.7. The molecule has 0 N–H and O–H groups in total. The van der Waals surface area contributed by atoms with Crippen LogP contribution >= 0.6 is 23.1 Å². The Morgan fingerprint density at radius 2 is 2.07 bits per heavy atom. The Hall–Kier alpha value is -2.12. The molecule has 146 valence electrons. The lowest BCUT2D eigenvalue weighted by Gasteiger charge is -2.29. The number of nitrogens with zero attached hydrogens (tertiary/aromatic N) is 4. The molecule has 5 nitrogen and oxygen atoms in total. The summed E-state index contributed by atoms with van der Waals surface area (Å²) in [6, 6.07) is 12.4. The summed E-state index contributed by atoms with van der Waals surface area (Å²) in [4.78, 5) is 16.4. The van der Waals surface area contributed by atoms with Crippen molar-refractivity contribution in [2.24, 2.45) is 0 Å². The first-order chi connectivity index (χ1) is 13.7. The molecule has 1 aliphatic rings. The molecule has 0 radical (unpaired) electrons. The standard InChI is InChI=1S/C21H24N4OS2/c1-3-25-19(13-16-7-5-4-6-8-16)22-23-21(25)28-15(2)20(26)24-11-9-18-17(14-24)10-12-27-18/h4-8,10,12,15H,3,9,11,13-14H2,1-2H3. The lowest BCUT2D eigenvalue weighted by Crippen LogP contribution is -2.39. The van der Waals surface area contributed by atoms with Crippen LogP contribution in [-0.2, 0) is 30.7 Å². The van der Waals surface area contributed by atoms with Gasteiger partial charge in [0, 0.05) is 30.9 Å². The Morgan fingerprint density at radius 1 is 1.25 bits per heavy atom. The van der Waals surface area contributed by atoms with Gasteiger partial charge in [0.15, 0.2) is 5.16 Å². The van der Waals surface area contributed by atoms with Gasteiger partial charge in [0.2, 0.25) is 5.91 Å². The number of amides is 1. The molecule has 1 amide bonds. The summed E-state index contributed by atoms with van der Waals surface area (Å²) < 4.78 is 2.12. The molecular weight excluding hydrogens is 388 g/mol. The van der Waals surface area contributed by atoms with E-state index in [0.717, 1.165) is 43.5 Å². The van der Waals surface area contributed by atoms with Crippen molar-refractivity contribution in [3.8, 4) is 0 Å². The van der Waals surface area contributed by atoms with E-state index in [0.29, 0.717) is 0 Å². The minimum Gasteiger partial charge on any atom is -0.337 e. The van der Waals surface area contributed by atoms with Crippen molar-refractivity contribution in [2.45, 2.75) is 50.2 Å². The molecule has 0 aliphatic carbocycles. The first-order valence-electron chi connectivity index (χ1n) is 9.62. The van der Waals surface area contributed by atoms with Crippen LogP contribution in [0.25, 0.3) is 0 Å². The smallest absolute Gasteiger partial charge is 0.236 e. The molecule has 1 aliphatic heterocycles. The van der Waals surface area contributed by atoms with Gasteiger partial charge in [0.25, 0.3) is 0 Å². The monoisotopic (exact) mass is 412 g/mol. The Kier molecular flexibility index (Phi) is 5.82. The van der Waals surface area contributed by atoms with Crippen LogP contribution in [0.5, 0.6) is 0 Å². The zero-order chi connectivity index (χ0) is 19.5.